The van der Waals surface area contributed by atoms with E-state index in [9.17, 15) is 13.2 Å². The molecule has 124 valence electrons. The average molecular weight is 317 g/mol. The van der Waals surface area contributed by atoms with Crippen molar-refractivity contribution in [3.63, 3.8) is 0 Å². The molecular formula is C15H22F3N3O. The Labute approximate surface area is 128 Å². The van der Waals surface area contributed by atoms with Crippen molar-refractivity contribution in [2.45, 2.75) is 57.9 Å². The van der Waals surface area contributed by atoms with Crippen molar-refractivity contribution in [2.75, 3.05) is 11.9 Å². The second-order valence-electron chi connectivity index (χ2n) is 5.61. The highest BCUT2D eigenvalue weighted by molar-refractivity contribution is 5.27. The zero-order valence-corrected chi connectivity index (χ0v) is 12.9. The van der Waals surface area contributed by atoms with Gasteiger partial charge in [0.1, 0.15) is 5.69 Å². The van der Waals surface area contributed by atoms with E-state index in [4.69, 9.17) is 4.74 Å². The smallest absolute Gasteiger partial charge is 0.378 e. The summed E-state index contributed by atoms with van der Waals surface area (Å²) in [4.78, 5) is 7.45. The summed E-state index contributed by atoms with van der Waals surface area (Å²) in [6.45, 7) is 4.87. The van der Waals surface area contributed by atoms with Crippen LogP contribution in [-0.2, 0) is 10.9 Å². The molecule has 1 saturated heterocycles. The van der Waals surface area contributed by atoms with Gasteiger partial charge >= 0.3 is 6.18 Å². The molecule has 0 aliphatic carbocycles. The van der Waals surface area contributed by atoms with Gasteiger partial charge < -0.3 is 10.1 Å². The largest absolute Gasteiger partial charge is 0.433 e. The number of rotatable bonds is 5. The first-order chi connectivity index (χ1) is 10.4. The first-order valence-corrected chi connectivity index (χ1v) is 7.72. The number of alkyl halides is 3. The summed E-state index contributed by atoms with van der Waals surface area (Å²) in [6, 6.07) is 0.921. The van der Waals surface area contributed by atoms with Gasteiger partial charge in [0.2, 0.25) is 5.95 Å². The molecule has 2 rings (SSSR count). The highest BCUT2D eigenvalue weighted by Crippen LogP contribution is 2.29. The Kier molecular flexibility index (Phi) is 5.61. The lowest BCUT2D eigenvalue weighted by atomic mass is 9.89. The van der Waals surface area contributed by atoms with Crippen LogP contribution < -0.4 is 5.32 Å². The highest BCUT2D eigenvalue weighted by Gasteiger charge is 2.33. The van der Waals surface area contributed by atoms with Gasteiger partial charge in [0.15, 0.2) is 0 Å². The number of halogens is 3. The molecule has 0 saturated carbocycles. The van der Waals surface area contributed by atoms with Gasteiger partial charge in [0, 0.05) is 18.8 Å². The molecule has 0 amide bonds. The Bertz CT molecular complexity index is 477. The third-order valence-electron chi connectivity index (χ3n) is 4.17. The van der Waals surface area contributed by atoms with Crippen LogP contribution in [0.3, 0.4) is 0 Å². The summed E-state index contributed by atoms with van der Waals surface area (Å²) in [5, 5.41) is 3.02. The lowest BCUT2D eigenvalue weighted by molar-refractivity contribution is -0.141. The number of nitrogens with one attached hydrogen (secondary N) is 1. The fraction of sp³-hybridized carbons (Fsp3) is 0.733. The maximum atomic E-state index is 12.7. The minimum absolute atomic E-state index is 0.0324. The maximum absolute atomic E-state index is 12.7. The fourth-order valence-corrected chi connectivity index (χ4v) is 2.87. The number of aromatic nitrogens is 2. The topological polar surface area (TPSA) is 47.0 Å². The van der Waals surface area contributed by atoms with Crippen LogP contribution in [0, 0.1) is 5.92 Å². The number of hydrogen-bond donors (Lipinski definition) is 1. The molecule has 1 N–H and O–H groups in total. The molecule has 0 bridgehead atoms. The highest BCUT2D eigenvalue weighted by atomic mass is 19.4. The van der Waals surface area contributed by atoms with Crippen molar-refractivity contribution in [3.8, 4) is 0 Å². The van der Waals surface area contributed by atoms with E-state index >= 15 is 0 Å². The third-order valence-corrected chi connectivity index (χ3v) is 4.17. The van der Waals surface area contributed by atoms with Crippen LogP contribution in [0.25, 0.3) is 0 Å². The summed E-state index contributed by atoms with van der Waals surface area (Å²) in [7, 11) is 0. The molecule has 2 unspecified atom stereocenters. The Morgan fingerprint density at radius 1 is 1.36 bits per heavy atom. The molecular weight excluding hydrogens is 295 g/mol. The number of anilines is 1. The van der Waals surface area contributed by atoms with Gasteiger partial charge in [-0.2, -0.15) is 13.2 Å². The second kappa shape index (κ2) is 7.26. The summed E-state index contributed by atoms with van der Waals surface area (Å²) >= 11 is 0. The summed E-state index contributed by atoms with van der Waals surface area (Å²) in [6.07, 6.45) is 0.416. The first kappa shape index (κ1) is 17.0. The molecule has 1 aromatic heterocycles. The lowest BCUT2D eigenvalue weighted by Gasteiger charge is -2.34. The van der Waals surface area contributed by atoms with Crippen LogP contribution in [0.1, 0.15) is 45.2 Å². The van der Waals surface area contributed by atoms with Crippen LogP contribution in [0.15, 0.2) is 12.3 Å². The van der Waals surface area contributed by atoms with Crippen LogP contribution >= 0.6 is 0 Å². The van der Waals surface area contributed by atoms with E-state index in [1.165, 1.54) is 0 Å². The van der Waals surface area contributed by atoms with Crippen LogP contribution in [0.2, 0.25) is 0 Å². The van der Waals surface area contributed by atoms with Gasteiger partial charge in [-0.3, -0.25) is 0 Å². The van der Waals surface area contributed by atoms with Gasteiger partial charge in [-0.15, -0.1) is 0 Å². The van der Waals surface area contributed by atoms with Crippen LogP contribution in [-0.4, -0.2) is 28.7 Å². The molecule has 1 aliphatic heterocycles. The normalized spacial score (nSPS) is 22.8. The monoisotopic (exact) mass is 317 g/mol. The molecule has 1 fully saturated rings. The predicted octanol–water partition coefficient (Wildman–Crippen LogP) is 3.89. The Morgan fingerprint density at radius 3 is 2.73 bits per heavy atom. The molecule has 0 aromatic carbocycles. The molecule has 22 heavy (non-hydrogen) atoms. The van der Waals surface area contributed by atoms with Crippen molar-refractivity contribution >= 4 is 5.95 Å². The minimum atomic E-state index is -4.45. The van der Waals surface area contributed by atoms with Crippen LogP contribution in [0.4, 0.5) is 19.1 Å². The van der Waals surface area contributed by atoms with Crippen molar-refractivity contribution in [1.82, 2.24) is 9.97 Å². The predicted molar refractivity (Wildman–Crippen MR) is 77.5 cm³/mol. The van der Waals surface area contributed by atoms with E-state index in [2.05, 4.69) is 29.1 Å². The average Bonchev–Trinajstić information content (AvgIpc) is 2.48. The lowest BCUT2D eigenvalue weighted by Crippen LogP contribution is -2.38. The van der Waals surface area contributed by atoms with E-state index in [-0.39, 0.29) is 18.1 Å². The number of hydrogen-bond acceptors (Lipinski definition) is 4. The van der Waals surface area contributed by atoms with Crippen molar-refractivity contribution in [1.29, 1.82) is 0 Å². The van der Waals surface area contributed by atoms with Gasteiger partial charge in [-0.1, -0.05) is 26.7 Å². The summed E-state index contributed by atoms with van der Waals surface area (Å²) in [5.41, 5.74) is -0.923. The fourth-order valence-electron chi connectivity index (χ4n) is 2.87. The van der Waals surface area contributed by atoms with E-state index in [0.717, 1.165) is 37.9 Å². The Balaban J connectivity index is 2.01. The molecule has 2 heterocycles. The van der Waals surface area contributed by atoms with E-state index in [1.807, 2.05) is 0 Å². The van der Waals surface area contributed by atoms with Gasteiger partial charge in [0.05, 0.1) is 6.10 Å². The number of nitrogens with zero attached hydrogens (tertiary/aromatic N) is 2. The standard InChI is InChI=1S/C15H22F3N3O/c1-3-10(4-2)12-9-11(6-8-22-12)20-14-19-7-5-13(21-14)15(16,17)18/h5,7,10-12H,3-4,6,8-9H2,1-2H3,(H,19,20,21). The molecule has 7 heteroatoms. The maximum Gasteiger partial charge on any atom is 0.433 e. The Hall–Kier alpha value is -1.37. The minimum Gasteiger partial charge on any atom is -0.378 e. The molecule has 1 aliphatic rings. The Morgan fingerprint density at radius 2 is 2.09 bits per heavy atom. The van der Waals surface area contributed by atoms with E-state index < -0.39 is 11.9 Å². The first-order valence-electron chi connectivity index (χ1n) is 7.72. The zero-order valence-electron chi connectivity index (χ0n) is 12.9. The van der Waals surface area contributed by atoms with Gasteiger partial charge in [-0.05, 0) is 24.8 Å². The van der Waals surface area contributed by atoms with E-state index in [0.29, 0.717) is 12.5 Å². The van der Waals surface area contributed by atoms with Gasteiger partial charge in [-0.25, -0.2) is 9.97 Å². The van der Waals surface area contributed by atoms with Crippen LogP contribution in [0.5, 0.6) is 0 Å². The van der Waals surface area contributed by atoms with E-state index in [1.54, 1.807) is 0 Å². The molecule has 0 spiro atoms. The zero-order chi connectivity index (χ0) is 16.2. The summed E-state index contributed by atoms with van der Waals surface area (Å²) < 4.78 is 43.8. The van der Waals surface area contributed by atoms with Crippen molar-refractivity contribution in [2.24, 2.45) is 5.92 Å². The molecule has 2 atom stereocenters. The third kappa shape index (κ3) is 4.32. The van der Waals surface area contributed by atoms with Crippen molar-refractivity contribution < 1.29 is 17.9 Å². The summed E-state index contributed by atoms with van der Waals surface area (Å²) in [5.74, 6) is 0.511. The quantitative estimate of drug-likeness (QED) is 0.895. The van der Waals surface area contributed by atoms with Crippen molar-refractivity contribution in [3.05, 3.63) is 18.0 Å². The number of ether oxygens (including phenoxy) is 1. The molecule has 0 radical (unpaired) electrons. The molecule has 1 aromatic rings. The second-order valence-corrected chi connectivity index (χ2v) is 5.61. The van der Waals surface area contributed by atoms with Gasteiger partial charge in [0.25, 0.3) is 0 Å². The molecule has 4 nitrogen and oxygen atoms in total. The SMILES string of the molecule is CCC(CC)C1CC(Nc2nccc(C(F)(F)F)n2)CCO1.